The number of hydrogen-bond acceptors (Lipinski definition) is 35. The molecular formula is C63H98B4N10O29. The Balaban J connectivity index is 0.000000244. The number of alkyl carbamates (subject to hydrolysis) is 2. The van der Waals surface area contributed by atoms with E-state index in [0.29, 0.717) is 0 Å². The van der Waals surface area contributed by atoms with Crippen LogP contribution in [0.4, 0.5) is 14.4 Å². The van der Waals surface area contributed by atoms with E-state index >= 15 is 0 Å². The quantitative estimate of drug-likeness (QED) is 0.0432. The van der Waals surface area contributed by atoms with Crippen LogP contribution in [-0.2, 0) is 79.6 Å². The van der Waals surface area contributed by atoms with Crippen molar-refractivity contribution in [1.29, 1.82) is 0 Å². The molecule has 2 aromatic carbocycles. The maximum Gasteiger partial charge on any atom is 0.410 e. The predicted molar refractivity (Wildman–Crippen MR) is 363 cm³/mol. The largest absolute Gasteiger partial charge is 0.445 e. The number of nitrogens with one attached hydrogen (secondary N) is 4. The van der Waals surface area contributed by atoms with Gasteiger partial charge in [-0.2, -0.15) is 0 Å². The lowest BCUT2D eigenvalue weighted by molar-refractivity contribution is -0.375. The SMILES string of the molecule is CC1C[C@@H]2OC(O[C@H]3OC(CO)[C@@H](N)[C@H](O)C3O)C3C(OC(=O)N3C)C2O[C@@H]1O[C@@H]1C(NC(=O)OCc2ccccc2)C[C@@H](NC(=O)OCc2ccccc2)C(O)[C@H]1O.CNC1C(O[C@H]2OC(CO)[C@@H](NC(=O)[C@@H](N)CO)[C@H](O)C2O)O[C@H]2CC(N)[C@@H](O[C@@H]3C(N)C[C@@H](N)C(O)[C@H]3O)OC2C1O.[B]B([B])[B]. The molecule has 26 N–H and O–H groups in total. The minimum absolute atomic E-state index is 0.0435. The molecule has 7 saturated heterocycles. The summed E-state index contributed by atoms with van der Waals surface area (Å²) in [5, 5.41) is 137. The number of benzene rings is 2. The predicted octanol–water partition coefficient (Wildman–Crippen LogP) is -10.8. The minimum atomic E-state index is -1.74. The number of rotatable bonds is 20. The summed E-state index contributed by atoms with van der Waals surface area (Å²) < 4.78 is 76.8. The van der Waals surface area contributed by atoms with Gasteiger partial charge in [0.25, 0.3) is 0 Å². The summed E-state index contributed by atoms with van der Waals surface area (Å²) in [7, 11) is 17.0. The zero-order valence-corrected chi connectivity index (χ0v) is 58.3. The van der Waals surface area contributed by atoms with Gasteiger partial charge in [-0.25, -0.2) is 14.4 Å². The van der Waals surface area contributed by atoms with Crippen molar-refractivity contribution in [2.24, 2.45) is 34.6 Å². The summed E-state index contributed by atoms with van der Waals surface area (Å²) >= 11 is 0. The highest BCUT2D eigenvalue weighted by atomic mass is 16.8. The van der Waals surface area contributed by atoms with Crippen LogP contribution in [0.3, 0.4) is 0 Å². The highest BCUT2D eigenvalue weighted by Gasteiger charge is 2.62. The van der Waals surface area contributed by atoms with Gasteiger partial charge in [0, 0.05) is 54.6 Å². The Morgan fingerprint density at radius 2 is 1.08 bits per heavy atom. The fourth-order valence-electron chi connectivity index (χ4n) is 14.1. The summed E-state index contributed by atoms with van der Waals surface area (Å²) in [6.45, 7) is -0.236. The van der Waals surface area contributed by atoms with Crippen molar-refractivity contribution in [1.82, 2.24) is 26.2 Å². The molecule has 18 unspecified atom stereocenters. The first-order valence-electron chi connectivity index (χ1n) is 34.8. The van der Waals surface area contributed by atoms with E-state index in [1.54, 1.807) is 55.5 Å². The molecule has 0 aromatic heterocycles. The van der Waals surface area contributed by atoms with Crippen LogP contribution in [0.5, 0.6) is 0 Å². The van der Waals surface area contributed by atoms with Crippen LogP contribution in [-0.4, -0.2) is 362 Å². The Bertz CT molecular complexity index is 3100. The second-order valence-corrected chi connectivity index (χ2v) is 27.6. The first kappa shape index (κ1) is 84.9. The molecule has 9 fully saturated rings. The molecule has 0 spiro atoms. The van der Waals surface area contributed by atoms with Crippen molar-refractivity contribution in [2.75, 3.05) is 33.9 Å². The summed E-state index contributed by atoms with van der Waals surface area (Å²) in [6.07, 6.45) is -33.4. The number of hydrogen-bond donors (Lipinski definition) is 21. The molecule has 2 aliphatic carbocycles. The van der Waals surface area contributed by atoms with Gasteiger partial charge in [-0.15, -0.1) is 0 Å². The van der Waals surface area contributed by atoms with E-state index < -0.39 is 264 Å². The topological polar surface area (TPSA) is 612 Å². The molecule has 11 rings (SSSR count). The zero-order chi connectivity index (χ0) is 77.3. The van der Waals surface area contributed by atoms with E-state index in [1.807, 2.05) is 12.1 Å². The van der Waals surface area contributed by atoms with Crippen LogP contribution in [0.2, 0.25) is 0 Å². The highest BCUT2D eigenvalue weighted by molar-refractivity contribution is 7.49. The molecule has 7 heterocycles. The smallest absolute Gasteiger partial charge is 0.410 e. The van der Waals surface area contributed by atoms with E-state index in [9.17, 15) is 75.3 Å². The molecule has 2 aromatic rings. The van der Waals surface area contributed by atoms with Gasteiger partial charge in [0.2, 0.25) is 5.91 Å². The highest BCUT2D eigenvalue weighted by Crippen LogP contribution is 2.43. The average molecular weight is 1500 g/mol. The van der Waals surface area contributed by atoms with E-state index in [1.165, 1.54) is 19.0 Å². The number of nitrogens with two attached hydrogens (primary N) is 5. The van der Waals surface area contributed by atoms with E-state index in [4.69, 9.17) is 95.4 Å². The number of aliphatic hydroxyl groups excluding tert-OH is 12. The number of amides is 4. The number of likely N-dealkylation sites (N-methyl/N-ethyl adjacent to an activating group) is 2. The van der Waals surface area contributed by atoms with Crippen molar-refractivity contribution in [3.63, 3.8) is 0 Å². The number of carbonyl (C=O) groups is 4. The van der Waals surface area contributed by atoms with Gasteiger partial charge in [-0.05, 0) is 43.9 Å². The molecule has 6 radical (unpaired) electrons. The lowest BCUT2D eigenvalue weighted by atomic mass is 9.08. The van der Waals surface area contributed by atoms with Gasteiger partial charge >= 0.3 is 18.3 Å². The number of ether oxygens (including phenoxy) is 13. The van der Waals surface area contributed by atoms with E-state index in [2.05, 4.69) is 44.5 Å². The van der Waals surface area contributed by atoms with Crippen LogP contribution >= 0.6 is 0 Å². The normalized spacial score (nSPS) is 42.2. The maximum absolute atomic E-state index is 13.2. The van der Waals surface area contributed by atoms with Crippen molar-refractivity contribution in [2.45, 2.75) is 254 Å². The Hall–Kier alpha value is -5.14. The first-order valence-corrected chi connectivity index (χ1v) is 34.8. The number of aliphatic hydroxyl groups is 12. The maximum atomic E-state index is 13.2. The third-order valence-corrected chi connectivity index (χ3v) is 20.0. The van der Waals surface area contributed by atoms with Crippen LogP contribution in [0.1, 0.15) is 43.7 Å². The Labute approximate surface area is 614 Å². The fourth-order valence-corrected chi connectivity index (χ4v) is 14.1. The van der Waals surface area contributed by atoms with Crippen molar-refractivity contribution < 1.29 is 142 Å². The van der Waals surface area contributed by atoms with Crippen LogP contribution in [0.25, 0.3) is 0 Å². The van der Waals surface area contributed by atoms with Crippen LogP contribution in [0.15, 0.2) is 60.7 Å². The monoisotopic (exact) mass is 1500 g/mol. The number of fused-ring (bicyclic) bond motifs is 4. The lowest BCUT2D eigenvalue weighted by Crippen LogP contribution is -2.70. The molecule has 35 atom stereocenters. The number of nitrogens with zero attached hydrogens (tertiary/aromatic N) is 1. The molecule has 586 valence electrons. The second-order valence-electron chi connectivity index (χ2n) is 27.6. The van der Waals surface area contributed by atoms with Crippen molar-refractivity contribution in [3.05, 3.63) is 71.8 Å². The van der Waals surface area contributed by atoms with E-state index in [0.717, 1.165) is 11.1 Å². The van der Waals surface area contributed by atoms with Crippen LogP contribution in [0, 0.1) is 5.92 Å². The minimum Gasteiger partial charge on any atom is -0.445 e. The molecule has 4 amide bonds. The molecule has 2 saturated carbocycles. The van der Waals surface area contributed by atoms with Gasteiger partial charge in [0.1, 0.15) is 111 Å². The standard InChI is InChI=1S/C39H52N4O16.C24H46N6O13.B4/c1-18-13-23-32(33-26(43(2)39(51)58-33)35(54-23)59-36-30(48)28(46)25(40)24(15-44)55-36)57-34(18)56-31-22(42-38(50)53-17-20-11-7-4-8-12-20)14-21(27(45)29(31)47)41-37(49)52-16-19-9-5-3-6-10-19;1-29-13-16(35)20-10(3-8(27)22(42-20)41-19-7(26)2-6(25)14(33)17(19)36)39-23(13)43-24-18(37)15(34)12(11(5-32)40-24)30-21(38)9(28)4-31;1-4(2)3/h3-12,18,21-36,44-48H,13-17,40H2,1-2H3,(H,41,49)(H,42,50);6-20,22-24,29,31-37H,2-5,25-28H2,1H3,(H,30,38);/t18?,21-,22?,23+,24?,25-,26?,27?,28+,29-,30?,31-,32?,33?,34+,35?,36-;6-,7?,8?,9+,10+,11?,12-,13?,14?,15+,16?,17-,18?,19-,20?,22+,23?,24-;/m11./s1. The lowest BCUT2D eigenvalue weighted by Gasteiger charge is -2.51. The summed E-state index contributed by atoms with van der Waals surface area (Å²) in [5.74, 6) is -1.31. The summed E-state index contributed by atoms with van der Waals surface area (Å²) in [4.78, 5) is 52.4. The van der Waals surface area contributed by atoms with Crippen LogP contribution < -0.4 is 49.9 Å². The second kappa shape index (κ2) is 38.2. The van der Waals surface area contributed by atoms with Crippen molar-refractivity contribution in [3.8, 4) is 0 Å². The summed E-state index contributed by atoms with van der Waals surface area (Å²) in [6, 6.07) is 7.95. The van der Waals surface area contributed by atoms with Gasteiger partial charge in [-0.3, -0.25) is 9.69 Å². The third kappa shape index (κ3) is 20.1. The summed E-state index contributed by atoms with van der Waals surface area (Å²) in [5.41, 5.74) is 31.1. The van der Waals surface area contributed by atoms with E-state index in [-0.39, 0.29) is 38.9 Å². The molecule has 39 nitrogen and oxygen atoms in total. The molecule has 9 aliphatic rings. The Morgan fingerprint density at radius 3 is 1.66 bits per heavy atom. The Kier molecular flexibility index (Phi) is 30.6. The molecule has 106 heavy (non-hydrogen) atoms. The first-order chi connectivity index (χ1) is 50.4. The molecule has 0 bridgehead atoms. The average Bonchev–Trinajstić information content (AvgIpc) is 0.957. The van der Waals surface area contributed by atoms with Crippen molar-refractivity contribution >= 4 is 53.8 Å². The molecular weight excluding hydrogens is 1400 g/mol. The molecule has 43 heteroatoms. The third-order valence-electron chi connectivity index (χ3n) is 20.0. The van der Waals surface area contributed by atoms with Gasteiger partial charge < -0.3 is 173 Å². The zero-order valence-electron chi connectivity index (χ0n) is 58.3. The number of carbonyl (C=O) groups excluding carboxylic acids is 4. The van der Waals surface area contributed by atoms with Gasteiger partial charge in [0.15, 0.2) is 43.8 Å². The Morgan fingerprint density at radius 1 is 0.547 bits per heavy atom. The fraction of sp³-hybridized carbons (Fsp3) is 0.746. The van der Waals surface area contributed by atoms with Gasteiger partial charge in [0.05, 0.1) is 74.4 Å². The molecule has 7 aliphatic heterocycles. The van der Waals surface area contributed by atoms with Gasteiger partial charge in [-0.1, -0.05) is 67.6 Å².